The number of hydrogen-bond donors (Lipinski definition) is 6. The molecule has 10 aromatic carbocycles. The molecular formula is C111H132O30. The summed E-state index contributed by atoms with van der Waals surface area (Å²) in [6.07, 6.45) is 21.2. The third kappa shape index (κ3) is 44.4. The predicted octanol–water partition coefficient (Wildman–Crippen LogP) is 23.5. The van der Waals surface area contributed by atoms with Crippen LogP contribution in [-0.4, -0.2) is 185 Å². The van der Waals surface area contributed by atoms with Crippen molar-refractivity contribution >= 4 is 35.8 Å². The zero-order chi connectivity index (χ0) is 99.3. The summed E-state index contributed by atoms with van der Waals surface area (Å²) in [5.74, 6) is 5.07. The summed E-state index contributed by atoms with van der Waals surface area (Å²) < 4.78 is 111. The minimum absolute atomic E-state index is 0.198. The van der Waals surface area contributed by atoms with Gasteiger partial charge in [0.15, 0.2) is 0 Å². The molecule has 756 valence electrons. The van der Waals surface area contributed by atoms with E-state index in [-0.39, 0.29) is 33.4 Å². The topological polar surface area (TPSA) is 390 Å². The number of carboxylic acid groups (broad SMARTS) is 6. The van der Waals surface area contributed by atoms with Crippen LogP contribution in [0.25, 0.3) is 0 Å². The Kier molecular flexibility index (Phi) is 49.1. The van der Waals surface area contributed by atoms with Crippen molar-refractivity contribution in [1.82, 2.24) is 0 Å². The van der Waals surface area contributed by atoms with Gasteiger partial charge in [0.2, 0.25) is 0 Å². The van der Waals surface area contributed by atoms with Gasteiger partial charge in [-0.1, -0.05) is 0 Å². The molecular weight excluding hydrogens is 1810 g/mol. The van der Waals surface area contributed by atoms with Gasteiger partial charge in [0.1, 0.15) is 103 Å². The van der Waals surface area contributed by atoms with Crippen LogP contribution >= 0.6 is 0 Å². The maximum Gasteiger partial charge on any atom is 0.335 e. The molecule has 0 aliphatic rings. The average Bonchev–Trinajstić information content (AvgIpc) is 0.867. The number of carbonyl (C=O) groups is 6. The number of benzene rings is 10. The molecule has 30 heteroatoms. The maximum atomic E-state index is 11.3. The first-order chi connectivity index (χ1) is 68.9. The molecule has 30 nitrogen and oxygen atoms in total. The van der Waals surface area contributed by atoms with Crippen LogP contribution in [0.4, 0.5) is 0 Å². The summed E-state index contributed by atoms with van der Waals surface area (Å²) in [6.45, 7) is 8.16. The van der Waals surface area contributed by atoms with Crippen molar-refractivity contribution in [2.75, 3.05) is 119 Å². The van der Waals surface area contributed by atoms with Gasteiger partial charge in [0, 0.05) is 72.8 Å². The van der Waals surface area contributed by atoms with Gasteiger partial charge in [-0.25, -0.2) is 28.8 Å². The van der Waals surface area contributed by atoms with Gasteiger partial charge in [-0.3, -0.25) is 0 Å². The van der Waals surface area contributed by atoms with E-state index in [9.17, 15) is 59.4 Å². The summed E-state index contributed by atoms with van der Waals surface area (Å²) in [4.78, 5) is 67.7. The second-order valence-electron chi connectivity index (χ2n) is 33.4. The highest BCUT2D eigenvalue weighted by molar-refractivity contribution is 5.90. The highest BCUT2D eigenvalue weighted by Gasteiger charge is 2.16. The second-order valence-corrected chi connectivity index (χ2v) is 33.4. The molecule has 0 unspecified atom stereocenters. The van der Waals surface area contributed by atoms with Gasteiger partial charge in [0.25, 0.3) is 0 Å². The normalized spacial score (nSPS) is 10.9. The van der Waals surface area contributed by atoms with E-state index in [1.807, 2.05) is 72.8 Å². The van der Waals surface area contributed by atoms with Crippen LogP contribution in [0.3, 0.4) is 0 Å². The van der Waals surface area contributed by atoms with Gasteiger partial charge >= 0.3 is 35.8 Å². The number of unbranched alkanes of at least 4 members (excludes halogenated alkanes) is 18. The SMILES string of the molecule is O=C(O)c1ccc(OCCCCCOc2cc(OCCCCCOc3ccc(C(=O)O)cc3)cc(OCCCCCOc3cc(OCCCCCOc4cc(OCCCCCOc5ccc(C(=O)O)cc5)cc(OCCCCCOc5ccc(C(=O)O)cc5)c4)cc(OCCCCCOc4cc(OCCCCCOc5ccc(C(=O)O)cc5)cc(OCCCCCOc5ccc(C(=O)O)cc5)c4)c3)c2)cc1. The Hall–Kier alpha value is -14.6. The van der Waals surface area contributed by atoms with Gasteiger partial charge in [-0.15, -0.1) is 0 Å². The van der Waals surface area contributed by atoms with Crippen LogP contribution in [-0.2, 0) is 0 Å². The smallest absolute Gasteiger partial charge is 0.335 e. The Balaban J connectivity index is 0.708. The molecule has 0 fully saturated rings. The zero-order valence-corrected chi connectivity index (χ0v) is 80.1. The highest BCUT2D eigenvalue weighted by Crippen LogP contribution is 2.35. The molecule has 0 atom stereocenters. The predicted molar refractivity (Wildman–Crippen MR) is 530 cm³/mol. The van der Waals surface area contributed by atoms with Crippen LogP contribution < -0.4 is 85.3 Å². The molecule has 0 saturated heterocycles. The lowest BCUT2D eigenvalue weighted by Gasteiger charge is -2.15. The maximum absolute atomic E-state index is 11.3. The number of ether oxygens (including phenoxy) is 18. The van der Waals surface area contributed by atoms with E-state index in [1.54, 1.807) is 72.8 Å². The summed E-state index contributed by atoms with van der Waals surface area (Å²) >= 11 is 0. The van der Waals surface area contributed by atoms with Crippen LogP contribution in [0.5, 0.6) is 103 Å². The molecule has 0 amide bonds. The Morgan fingerprint density at radius 2 is 0.199 bits per heavy atom. The molecule has 0 aliphatic carbocycles. The minimum Gasteiger partial charge on any atom is -0.494 e. The standard InChI is InChI=1S/C111H132O30/c112-106(113)82-28-40-88(41-29-82)124-52-10-1-16-58-130-94-70-95(131-59-17-2-11-53-125-89-42-30-83(31-43-89)107(114)115)74-100(73-94)136-64-22-7-25-67-139-103-79-104(140-68-26-8-23-65-137-101-75-96(132-60-18-3-12-54-126-90-44-32-84(33-45-90)108(116)117)71-97(76-101)133-61-19-4-13-55-127-91-46-34-85(35-47-91)109(118)119)81-105(80-103)141-69-27-9-24-66-138-102-77-98(134-62-20-5-14-56-128-92-48-36-86(37-49-92)110(120)121)72-99(78-102)135-63-21-6-15-57-129-93-50-38-87(39-51-93)111(122)123/h28-51,70-81H,1-27,52-69H2,(H,112,113)(H,114,115)(H,116,117)(H,118,119)(H,120,121)(H,122,123). The summed E-state index contributed by atoms with van der Waals surface area (Å²) in [5.41, 5.74) is 1.19. The Morgan fingerprint density at radius 1 is 0.121 bits per heavy atom. The fourth-order valence-corrected chi connectivity index (χ4v) is 14.2. The molecule has 0 aromatic heterocycles. The fourth-order valence-electron chi connectivity index (χ4n) is 14.2. The Morgan fingerprint density at radius 3 is 0.277 bits per heavy atom. The number of aromatic carboxylic acids is 6. The Bertz CT molecular complexity index is 4500. The molecule has 10 rings (SSSR count). The van der Waals surface area contributed by atoms with Crippen molar-refractivity contribution in [1.29, 1.82) is 0 Å². The van der Waals surface area contributed by atoms with E-state index >= 15 is 0 Å². The first-order valence-corrected chi connectivity index (χ1v) is 48.8. The van der Waals surface area contributed by atoms with E-state index < -0.39 is 35.8 Å². The van der Waals surface area contributed by atoms with Crippen LogP contribution in [0.15, 0.2) is 218 Å². The number of rotatable bonds is 78. The minimum atomic E-state index is -0.992. The summed E-state index contributed by atoms with van der Waals surface area (Å²) in [7, 11) is 0. The van der Waals surface area contributed by atoms with E-state index in [2.05, 4.69) is 0 Å². The summed E-state index contributed by atoms with van der Waals surface area (Å²) in [5, 5.41) is 55.5. The number of hydrogen-bond acceptors (Lipinski definition) is 24. The zero-order valence-electron chi connectivity index (χ0n) is 80.1. The summed E-state index contributed by atoms with van der Waals surface area (Å²) in [6, 6.07) is 60.6. The largest absolute Gasteiger partial charge is 0.494 e. The van der Waals surface area contributed by atoms with E-state index in [1.165, 1.54) is 72.8 Å². The third-order valence-electron chi connectivity index (χ3n) is 22.0. The monoisotopic (exact) mass is 1940 g/mol. The van der Waals surface area contributed by atoms with Crippen molar-refractivity contribution in [3.8, 4) is 103 Å². The van der Waals surface area contributed by atoms with Crippen molar-refractivity contribution in [2.24, 2.45) is 0 Å². The van der Waals surface area contributed by atoms with Crippen LogP contribution in [0.1, 0.15) is 236 Å². The molecule has 0 heterocycles. The molecule has 0 spiro atoms. The lowest BCUT2D eigenvalue weighted by molar-refractivity contribution is 0.0686. The quantitative estimate of drug-likeness (QED) is 0.0193. The van der Waals surface area contributed by atoms with Gasteiger partial charge in [-0.2, -0.15) is 0 Å². The van der Waals surface area contributed by atoms with E-state index in [4.69, 9.17) is 85.3 Å². The van der Waals surface area contributed by atoms with Gasteiger partial charge in [-0.05, 0) is 319 Å². The number of carboxylic acids is 6. The first-order valence-electron chi connectivity index (χ1n) is 48.8. The van der Waals surface area contributed by atoms with Gasteiger partial charge < -0.3 is 116 Å². The highest BCUT2D eigenvalue weighted by atomic mass is 16.5. The first kappa shape index (κ1) is 108. The molecule has 0 radical (unpaired) electrons. The second kappa shape index (κ2) is 63.8. The van der Waals surface area contributed by atoms with Crippen LogP contribution in [0.2, 0.25) is 0 Å². The van der Waals surface area contributed by atoms with Crippen molar-refractivity contribution < 1.29 is 145 Å². The van der Waals surface area contributed by atoms with Crippen molar-refractivity contribution in [3.63, 3.8) is 0 Å². The van der Waals surface area contributed by atoms with E-state index in [0.717, 1.165) is 173 Å². The molecule has 0 saturated carbocycles. The van der Waals surface area contributed by atoms with Crippen molar-refractivity contribution in [3.05, 3.63) is 252 Å². The van der Waals surface area contributed by atoms with E-state index in [0.29, 0.717) is 222 Å². The molecule has 0 bridgehead atoms. The van der Waals surface area contributed by atoms with Crippen LogP contribution in [0, 0.1) is 0 Å². The molecule has 141 heavy (non-hydrogen) atoms. The fraction of sp³-hybridized carbons (Fsp3) is 0.405. The lowest BCUT2D eigenvalue weighted by Crippen LogP contribution is -2.05. The lowest BCUT2D eigenvalue weighted by atomic mass is 10.2. The Labute approximate surface area is 823 Å². The molecule has 0 aliphatic heterocycles. The third-order valence-corrected chi connectivity index (χ3v) is 22.0. The molecule has 10 aromatic rings. The van der Waals surface area contributed by atoms with Crippen molar-refractivity contribution in [2.45, 2.75) is 173 Å². The molecule has 6 N–H and O–H groups in total. The average molecular weight is 1950 g/mol. The van der Waals surface area contributed by atoms with Gasteiger partial charge in [0.05, 0.1) is 152 Å².